The van der Waals surface area contributed by atoms with Crippen molar-refractivity contribution in [2.75, 3.05) is 0 Å². The average Bonchev–Trinajstić information content (AvgIpc) is 3.12. The van der Waals surface area contributed by atoms with E-state index in [1.807, 2.05) is 24.3 Å². The highest BCUT2D eigenvalue weighted by Crippen LogP contribution is 2.29. The lowest BCUT2D eigenvalue weighted by Gasteiger charge is -2.12. The number of para-hydroxylation sites is 1. The molecule has 1 N–H and O–H groups in total. The summed E-state index contributed by atoms with van der Waals surface area (Å²) >= 11 is 0. The average molecular weight is 347 g/mol. The Labute approximate surface area is 150 Å². The van der Waals surface area contributed by atoms with Crippen LogP contribution in [0.15, 0.2) is 48.5 Å². The van der Waals surface area contributed by atoms with Crippen molar-refractivity contribution < 1.29 is 9.72 Å². The van der Waals surface area contributed by atoms with Crippen LogP contribution in [0.1, 0.15) is 33.6 Å². The molecule has 26 heavy (non-hydrogen) atoms. The number of benzene rings is 2. The number of hydrogen-bond acceptors (Lipinski definition) is 4. The molecule has 4 rings (SSSR count). The largest absolute Gasteiger partial charge is 0.348 e. The van der Waals surface area contributed by atoms with Gasteiger partial charge in [0.25, 0.3) is 11.6 Å². The molecule has 0 atom stereocenters. The van der Waals surface area contributed by atoms with Crippen LogP contribution in [0.2, 0.25) is 0 Å². The molecule has 1 aromatic heterocycles. The minimum atomic E-state index is -0.436. The van der Waals surface area contributed by atoms with Crippen LogP contribution in [-0.4, -0.2) is 15.8 Å². The predicted molar refractivity (Wildman–Crippen MR) is 98.0 cm³/mol. The second kappa shape index (κ2) is 6.55. The molecule has 6 nitrogen and oxygen atoms in total. The Morgan fingerprint density at radius 3 is 2.65 bits per heavy atom. The smallest absolute Gasteiger partial charge is 0.269 e. The van der Waals surface area contributed by atoms with Crippen molar-refractivity contribution in [1.29, 1.82) is 0 Å². The number of nitro groups is 1. The lowest BCUT2D eigenvalue weighted by Crippen LogP contribution is -2.24. The molecule has 0 saturated carbocycles. The van der Waals surface area contributed by atoms with Crippen molar-refractivity contribution >= 4 is 22.5 Å². The number of non-ortho nitro benzene ring substituents is 1. The lowest BCUT2D eigenvalue weighted by atomic mass is 10.0. The fourth-order valence-corrected chi connectivity index (χ4v) is 3.48. The molecule has 0 bridgehead atoms. The summed E-state index contributed by atoms with van der Waals surface area (Å²) in [6.45, 7) is 0.322. The highest BCUT2D eigenvalue weighted by Gasteiger charge is 2.23. The Bertz CT molecular complexity index is 1010. The van der Waals surface area contributed by atoms with Gasteiger partial charge in [0.2, 0.25) is 0 Å². The number of amides is 1. The number of carbonyl (C=O) groups is 1. The van der Waals surface area contributed by atoms with Gasteiger partial charge in [-0.25, -0.2) is 0 Å². The van der Waals surface area contributed by atoms with Crippen molar-refractivity contribution in [3.8, 4) is 0 Å². The zero-order chi connectivity index (χ0) is 18.1. The van der Waals surface area contributed by atoms with Crippen molar-refractivity contribution in [3.05, 3.63) is 81.0 Å². The summed E-state index contributed by atoms with van der Waals surface area (Å²) in [5.74, 6) is -0.125. The number of nitrogens with one attached hydrogen (secondary N) is 1. The summed E-state index contributed by atoms with van der Waals surface area (Å²) in [6.07, 6.45) is 2.79. The quantitative estimate of drug-likeness (QED) is 0.577. The topological polar surface area (TPSA) is 85.1 Å². The van der Waals surface area contributed by atoms with Gasteiger partial charge in [-0.1, -0.05) is 30.3 Å². The van der Waals surface area contributed by atoms with Crippen molar-refractivity contribution in [2.45, 2.75) is 25.8 Å². The Morgan fingerprint density at radius 1 is 1.12 bits per heavy atom. The molecule has 130 valence electrons. The van der Waals surface area contributed by atoms with Crippen LogP contribution in [0.5, 0.6) is 0 Å². The molecular formula is C20H17N3O3. The number of aryl methyl sites for hydroxylation is 1. The summed E-state index contributed by atoms with van der Waals surface area (Å²) in [4.78, 5) is 27.9. The first-order valence-corrected chi connectivity index (χ1v) is 8.55. The number of carbonyl (C=O) groups excluding carboxylic acids is 1. The van der Waals surface area contributed by atoms with E-state index in [0.717, 1.165) is 47.0 Å². The van der Waals surface area contributed by atoms with Gasteiger partial charge in [-0.2, -0.15) is 0 Å². The van der Waals surface area contributed by atoms with Crippen molar-refractivity contribution in [1.82, 2.24) is 10.3 Å². The molecule has 1 heterocycles. The summed E-state index contributed by atoms with van der Waals surface area (Å²) in [5, 5.41) is 14.5. The van der Waals surface area contributed by atoms with Crippen LogP contribution in [-0.2, 0) is 19.4 Å². The van der Waals surface area contributed by atoms with E-state index in [1.54, 1.807) is 12.1 Å². The third-order valence-electron chi connectivity index (χ3n) is 4.75. The molecule has 0 fully saturated rings. The lowest BCUT2D eigenvalue weighted by molar-refractivity contribution is -0.384. The first-order chi connectivity index (χ1) is 12.6. The van der Waals surface area contributed by atoms with Gasteiger partial charge in [-0.15, -0.1) is 0 Å². The monoisotopic (exact) mass is 347 g/mol. The number of hydrogen-bond donors (Lipinski definition) is 1. The molecule has 0 spiro atoms. The second-order valence-corrected chi connectivity index (χ2v) is 6.39. The van der Waals surface area contributed by atoms with Gasteiger partial charge in [0, 0.05) is 29.8 Å². The SMILES string of the molecule is O=C(NCc1ccc([N+](=O)[O-])cc1)c1c2c(nc3ccccc13)CCC2. The molecule has 2 aromatic carbocycles. The number of nitro benzene ring substituents is 1. The van der Waals surface area contributed by atoms with E-state index in [0.29, 0.717) is 12.1 Å². The molecule has 6 heteroatoms. The molecule has 1 aliphatic rings. The van der Waals surface area contributed by atoms with Crippen LogP contribution >= 0.6 is 0 Å². The van der Waals surface area contributed by atoms with E-state index in [4.69, 9.17) is 4.98 Å². The Morgan fingerprint density at radius 2 is 1.88 bits per heavy atom. The van der Waals surface area contributed by atoms with Crippen molar-refractivity contribution in [3.63, 3.8) is 0 Å². The molecule has 0 saturated heterocycles. The summed E-state index contributed by atoms with van der Waals surface area (Å²) in [7, 11) is 0. The zero-order valence-corrected chi connectivity index (χ0v) is 14.1. The van der Waals surface area contributed by atoms with E-state index < -0.39 is 4.92 Å². The molecule has 1 aliphatic carbocycles. The van der Waals surface area contributed by atoms with Gasteiger partial charge in [0.1, 0.15) is 0 Å². The standard InChI is InChI=1S/C20H17N3O3/c24-20(21-12-13-8-10-14(11-9-13)23(25)26)19-15-4-1-2-6-17(15)22-18-7-3-5-16(18)19/h1-2,4,6,8-11H,3,5,7,12H2,(H,21,24). The van der Waals surface area contributed by atoms with E-state index in [2.05, 4.69) is 5.32 Å². The number of aromatic nitrogens is 1. The Balaban J connectivity index is 1.61. The van der Waals surface area contributed by atoms with Crippen LogP contribution < -0.4 is 5.32 Å². The second-order valence-electron chi connectivity index (χ2n) is 6.39. The van der Waals surface area contributed by atoms with E-state index >= 15 is 0 Å². The maximum Gasteiger partial charge on any atom is 0.269 e. The van der Waals surface area contributed by atoms with Gasteiger partial charge in [0.05, 0.1) is 16.0 Å². The maximum atomic E-state index is 12.9. The van der Waals surface area contributed by atoms with Crippen LogP contribution in [0.25, 0.3) is 10.9 Å². The normalized spacial score (nSPS) is 12.8. The fourth-order valence-electron chi connectivity index (χ4n) is 3.48. The minimum absolute atomic E-state index is 0.0398. The van der Waals surface area contributed by atoms with Crippen molar-refractivity contribution in [2.24, 2.45) is 0 Å². The highest BCUT2D eigenvalue weighted by atomic mass is 16.6. The third-order valence-corrected chi connectivity index (χ3v) is 4.75. The Hall–Kier alpha value is -3.28. The van der Waals surface area contributed by atoms with Gasteiger partial charge in [0.15, 0.2) is 0 Å². The number of rotatable bonds is 4. The number of nitrogens with zero attached hydrogens (tertiary/aromatic N) is 2. The van der Waals surface area contributed by atoms with E-state index in [9.17, 15) is 14.9 Å². The predicted octanol–water partition coefficient (Wildman–Crippen LogP) is 3.56. The first-order valence-electron chi connectivity index (χ1n) is 8.55. The highest BCUT2D eigenvalue weighted by molar-refractivity contribution is 6.07. The van der Waals surface area contributed by atoms with Gasteiger partial charge >= 0.3 is 0 Å². The van der Waals surface area contributed by atoms with Crippen LogP contribution in [0.3, 0.4) is 0 Å². The summed E-state index contributed by atoms with van der Waals surface area (Å²) in [6, 6.07) is 13.9. The Kier molecular flexibility index (Phi) is 4.08. The first kappa shape index (κ1) is 16.2. The van der Waals surface area contributed by atoms with Gasteiger partial charge < -0.3 is 5.32 Å². The minimum Gasteiger partial charge on any atom is -0.348 e. The van der Waals surface area contributed by atoms with Crippen LogP contribution in [0, 0.1) is 10.1 Å². The summed E-state index contributed by atoms with van der Waals surface area (Å²) in [5.41, 5.74) is 4.48. The van der Waals surface area contributed by atoms with Gasteiger partial charge in [-0.3, -0.25) is 19.9 Å². The maximum absolute atomic E-state index is 12.9. The fraction of sp³-hybridized carbons (Fsp3) is 0.200. The number of pyridine rings is 1. The summed E-state index contributed by atoms with van der Waals surface area (Å²) < 4.78 is 0. The molecule has 0 radical (unpaired) electrons. The molecule has 0 aliphatic heterocycles. The molecule has 3 aromatic rings. The zero-order valence-electron chi connectivity index (χ0n) is 14.1. The molecule has 0 unspecified atom stereocenters. The van der Waals surface area contributed by atoms with E-state index in [1.165, 1.54) is 12.1 Å². The van der Waals surface area contributed by atoms with Gasteiger partial charge in [-0.05, 0) is 36.5 Å². The molecular weight excluding hydrogens is 330 g/mol. The van der Waals surface area contributed by atoms with Crippen LogP contribution in [0.4, 0.5) is 5.69 Å². The third kappa shape index (κ3) is 2.90. The molecule has 1 amide bonds. The number of fused-ring (bicyclic) bond motifs is 2. The van der Waals surface area contributed by atoms with E-state index in [-0.39, 0.29) is 11.6 Å².